The van der Waals surface area contributed by atoms with Crippen LogP contribution in [-0.4, -0.2) is 81.5 Å². The molecule has 1 fully saturated rings. The first-order chi connectivity index (χ1) is 24.3. The van der Waals surface area contributed by atoms with Gasteiger partial charge in [-0.2, -0.15) is 0 Å². The number of rotatable bonds is 7. The highest BCUT2D eigenvalue weighted by Gasteiger charge is 2.29. The standard InChI is InChI=1S/C32H34N4O4/c1-34-15-17-36(18-16-34)21-29(37)35(2)25-12-9-22(10-13-25)19-27(23-7-5-4-6-8-23)30-26-14-11-24(32(39)40-3)20-28(26)33-31(30)38/h4-14,20H,15-19,21H2,1-3H3,(H,33,38)/b30-27+/i4D,5D,6D,7D,8D,9D,10D,11D,12D,13D,14D,20D. The highest BCUT2D eigenvalue weighted by atomic mass is 16.5. The van der Waals surface area contributed by atoms with E-state index in [2.05, 4.69) is 15.0 Å². The molecule has 206 valence electrons. The molecule has 2 aliphatic rings. The van der Waals surface area contributed by atoms with E-state index in [1.54, 1.807) is 0 Å². The molecule has 0 aliphatic carbocycles. The number of piperazine rings is 1. The maximum atomic E-state index is 13.8. The number of carbonyl (C=O) groups is 3. The van der Waals surface area contributed by atoms with Gasteiger partial charge in [0.25, 0.3) is 5.91 Å². The van der Waals surface area contributed by atoms with Gasteiger partial charge in [0.15, 0.2) is 0 Å². The molecule has 2 amide bonds. The molecular weight excluding hydrogens is 504 g/mol. The van der Waals surface area contributed by atoms with Crippen molar-refractivity contribution in [3.05, 3.63) is 94.8 Å². The van der Waals surface area contributed by atoms with Gasteiger partial charge in [-0.25, -0.2) is 4.79 Å². The van der Waals surface area contributed by atoms with Gasteiger partial charge in [0, 0.05) is 50.2 Å². The Bertz CT molecular complexity index is 2040. The van der Waals surface area contributed by atoms with Crippen LogP contribution in [0.4, 0.5) is 11.4 Å². The monoisotopic (exact) mass is 550 g/mol. The van der Waals surface area contributed by atoms with E-state index in [9.17, 15) is 14.4 Å². The van der Waals surface area contributed by atoms with Crippen molar-refractivity contribution < 1.29 is 35.6 Å². The summed E-state index contributed by atoms with van der Waals surface area (Å²) in [5.41, 5.74) is -3.61. The summed E-state index contributed by atoms with van der Waals surface area (Å²) < 4.78 is 108. The normalized spacial score (nSPS) is 20.9. The van der Waals surface area contributed by atoms with Crippen molar-refractivity contribution in [1.82, 2.24) is 9.80 Å². The Morgan fingerprint density at radius 3 is 2.35 bits per heavy atom. The predicted octanol–water partition coefficient (Wildman–Crippen LogP) is 3.79. The summed E-state index contributed by atoms with van der Waals surface area (Å²) in [5, 5.41) is 2.38. The number of nitrogens with zero attached hydrogens (tertiary/aromatic N) is 3. The molecule has 0 saturated carbocycles. The smallest absolute Gasteiger partial charge is 0.337 e. The largest absolute Gasteiger partial charge is 0.465 e. The van der Waals surface area contributed by atoms with E-state index < -0.39 is 125 Å². The fourth-order valence-corrected chi connectivity index (χ4v) is 4.36. The van der Waals surface area contributed by atoms with Crippen molar-refractivity contribution in [2.24, 2.45) is 0 Å². The Hall–Kier alpha value is -4.27. The van der Waals surface area contributed by atoms with Crippen molar-refractivity contribution in [2.45, 2.75) is 6.42 Å². The lowest BCUT2D eigenvalue weighted by molar-refractivity contribution is -0.119. The Balaban J connectivity index is 1.75. The number of methoxy groups -OCH3 is 1. The van der Waals surface area contributed by atoms with Gasteiger partial charge in [-0.3, -0.25) is 14.5 Å². The summed E-state index contributed by atoms with van der Waals surface area (Å²) in [6, 6.07) is -8.64. The first-order valence-electron chi connectivity index (χ1n) is 18.5. The van der Waals surface area contributed by atoms with E-state index in [4.69, 9.17) is 16.4 Å². The first-order valence-corrected chi connectivity index (χ1v) is 12.5. The molecule has 1 saturated heterocycles. The van der Waals surface area contributed by atoms with Crippen LogP contribution in [-0.2, 0) is 20.7 Å². The van der Waals surface area contributed by atoms with Gasteiger partial charge in [-0.1, -0.05) is 48.3 Å². The van der Waals surface area contributed by atoms with Crippen molar-refractivity contribution in [1.29, 1.82) is 0 Å². The van der Waals surface area contributed by atoms with Crippen LogP contribution in [0.3, 0.4) is 0 Å². The molecule has 0 atom stereocenters. The molecule has 5 rings (SSSR count). The van der Waals surface area contributed by atoms with Crippen LogP contribution in [0, 0.1) is 0 Å². The van der Waals surface area contributed by atoms with E-state index in [-0.39, 0.29) is 23.5 Å². The average molecular weight is 551 g/mol. The van der Waals surface area contributed by atoms with E-state index in [0.29, 0.717) is 13.1 Å². The van der Waals surface area contributed by atoms with Crippen LogP contribution in [0.25, 0.3) is 11.1 Å². The lowest BCUT2D eigenvalue weighted by Crippen LogP contribution is -2.48. The zero-order valence-corrected chi connectivity index (χ0v) is 22.2. The SMILES string of the molecule is [2H]c1c([2H])c([2H])c(/C(Cc2c([2H])c([2H])c(N(C)C(=O)CN3CCN(C)CC3)c([2H])c2[2H])=C2/C(=O)Nc3c([2H])c(C(=O)OC)c([2H])c([2H])c32)c([2H])c1[2H]. The topological polar surface area (TPSA) is 82.2 Å². The summed E-state index contributed by atoms with van der Waals surface area (Å²) in [5.74, 6) is -2.65. The molecule has 0 aromatic heterocycles. The van der Waals surface area contributed by atoms with Crippen LogP contribution in [0.15, 0.2) is 72.5 Å². The molecule has 0 radical (unpaired) electrons. The van der Waals surface area contributed by atoms with Gasteiger partial charge in [0.1, 0.15) is 0 Å². The highest BCUT2D eigenvalue weighted by Crippen LogP contribution is 2.39. The fraction of sp³-hybridized carbons (Fsp3) is 0.281. The number of anilines is 2. The molecule has 40 heavy (non-hydrogen) atoms. The summed E-state index contributed by atoms with van der Waals surface area (Å²) in [6.45, 7) is 2.67. The number of hydrogen-bond acceptors (Lipinski definition) is 6. The van der Waals surface area contributed by atoms with Crippen molar-refractivity contribution in [2.75, 3.05) is 64.1 Å². The minimum atomic E-state index is -1.13. The van der Waals surface area contributed by atoms with Gasteiger partial charge in [-0.15, -0.1) is 0 Å². The minimum absolute atomic E-state index is 0.0327. The highest BCUT2D eigenvalue weighted by molar-refractivity contribution is 6.37. The number of benzene rings is 3. The Morgan fingerprint density at radius 1 is 0.975 bits per heavy atom. The lowest BCUT2D eigenvalue weighted by atomic mass is 9.90. The molecule has 8 heteroatoms. The lowest BCUT2D eigenvalue weighted by Gasteiger charge is -2.32. The molecule has 1 N–H and O–H groups in total. The third-order valence-corrected chi connectivity index (χ3v) is 6.70. The van der Waals surface area contributed by atoms with E-state index >= 15 is 0 Å². The van der Waals surface area contributed by atoms with Gasteiger partial charge in [0.05, 0.1) is 41.2 Å². The number of hydrogen-bond donors (Lipinski definition) is 1. The van der Waals surface area contributed by atoms with E-state index in [0.717, 1.165) is 25.1 Å². The summed E-state index contributed by atoms with van der Waals surface area (Å²) in [4.78, 5) is 44.6. The molecule has 0 bridgehead atoms. The molecule has 2 heterocycles. The van der Waals surface area contributed by atoms with Crippen molar-refractivity contribution >= 4 is 40.3 Å². The molecule has 0 unspecified atom stereocenters. The maximum Gasteiger partial charge on any atom is 0.337 e. The average Bonchev–Trinajstić information content (AvgIpc) is 3.46. The second kappa shape index (κ2) is 11.9. The summed E-state index contributed by atoms with van der Waals surface area (Å²) in [6.07, 6.45) is -0.760. The van der Waals surface area contributed by atoms with Crippen LogP contribution in [0.1, 0.15) is 43.5 Å². The number of ether oxygens (including phenoxy) is 1. The zero-order chi connectivity index (χ0) is 38.7. The van der Waals surface area contributed by atoms with Gasteiger partial charge < -0.3 is 19.9 Å². The number of nitrogens with one attached hydrogen (secondary N) is 1. The quantitative estimate of drug-likeness (QED) is 0.356. The number of esters is 1. The second-order valence-corrected chi connectivity index (χ2v) is 9.34. The molecule has 0 spiro atoms. The van der Waals surface area contributed by atoms with Crippen molar-refractivity contribution in [3.63, 3.8) is 0 Å². The second-order valence-electron chi connectivity index (χ2n) is 9.34. The first kappa shape index (κ1) is 16.1. The van der Waals surface area contributed by atoms with Crippen LogP contribution < -0.4 is 10.2 Å². The van der Waals surface area contributed by atoms with Crippen LogP contribution >= 0.6 is 0 Å². The Labute approximate surface area is 251 Å². The molecule has 8 nitrogen and oxygen atoms in total. The van der Waals surface area contributed by atoms with Crippen LogP contribution in [0.5, 0.6) is 0 Å². The summed E-state index contributed by atoms with van der Waals surface area (Å²) in [7, 11) is 4.29. The third kappa shape index (κ3) is 5.83. The molecule has 2 aliphatic heterocycles. The molecular formula is C32H34N4O4. The number of fused-ring (bicyclic) bond motifs is 1. The number of carbonyl (C=O) groups excluding carboxylic acids is 3. The van der Waals surface area contributed by atoms with Gasteiger partial charge in [-0.05, 0) is 54.3 Å². The van der Waals surface area contributed by atoms with Gasteiger partial charge in [0.2, 0.25) is 5.91 Å². The number of likely N-dealkylation sites (N-methyl/N-ethyl adjacent to an activating group) is 2. The van der Waals surface area contributed by atoms with E-state index in [1.165, 1.54) is 7.05 Å². The predicted molar refractivity (Wildman–Crippen MR) is 157 cm³/mol. The van der Waals surface area contributed by atoms with Crippen LogP contribution in [0.2, 0.25) is 0 Å². The zero-order valence-electron chi connectivity index (χ0n) is 34.2. The Kier molecular flexibility index (Phi) is 4.77. The molecule has 3 aromatic carbocycles. The fourth-order valence-electron chi connectivity index (χ4n) is 4.36. The van der Waals surface area contributed by atoms with E-state index in [1.807, 2.05) is 11.9 Å². The third-order valence-electron chi connectivity index (χ3n) is 6.70. The number of amides is 2. The maximum absolute atomic E-state index is 13.8. The summed E-state index contributed by atoms with van der Waals surface area (Å²) >= 11 is 0. The van der Waals surface area contributed by atoms with Crippen molar-refractivity contribution in [3.8, 4) is 0 Å². The minimum Gasteiger partial charge on any atom is -0.465 e. The Morgan fingerprint density at radius 2 is 1.68 bits per heavy atom. The van der Waals surface area contributed by atoms with Gasteiger partial charge >= 0.3 is 5.97 Å². The molecule has 3 aromatic rings. The number of allylic oxidation sites excluding steroid dienone is 1.